The fourth-order valence-electron chi connectivity index (χ4n) is 5.54. The molecule has 0 saturated carbocycles. The van der Waals surface area contributed by atoms with Crippen LogP contribution in [0.5, 0.6) is 5.75 Å². The van der Waals surface area contributed by atoms with Gasteiger partial charge < -0.3 is 18.9 Å². The first-order chi connectivity index (χ1) is 17.9. The molecule has 37 heavy (non-hydrogen) atoms. The monoisotopic (exact) mass is 527 g/mol. The molecule has 8 nitrogen and oxygen atoms in total. The number of nitrogens with zero attached hydrogens (tertiary/aromatic N) is 3. The van der Waals surface area contributed by atoms with Crippen molar-refractivity contribution < 1.29 is 27.5 Å². The molecule has 0 aliphatic carbocycles. The van der Waals surface area contributed by atoms with E-state index in [1.165, 1.54) is 18.5 Å². The number of halogens is 1. The van der Waals surface area contributed by atoms with Gasteiger partial charge in [0.2, 0.25) is 0 Å². The number of hydrogen-bond donors (Lipinski definition) is 0. The zero-order valence-corrected chi connectivity index (χ0v) is 21.7. The maximum absolute atomic E-state index is 14.3. The van der Waals surface area contributed by atoms with Gasteiger partial charge in [-0.1, -0.05) is 6.07 Å². The van der Waals surface area contributed by atoms with Gasteiger partial charge in [-0.2, -0.15) is 4.36 Å². The molecule has 4 heterocycles. The first-order valence-electron chi connectivity index (χ1n) is 12.6. The van der Waals surface area contributed by atoms with Crippen molar-refractivity contribution in [2.45, 2.75) is 50.6 Å². The molecule has 3 fully saturated rings. The van der Waals surface area contributed by atoms with Crippen molar-refractivity contribution in [2.75, 3.05) is 31.8 Å². The lowest BCUT2D eigenvalue weighted by Crippen LogP contribution is -2.35. The highest BCUT2D eigenvalue weighted by atomic mass is 32.2. The summed E-state index contributed by atoms with van der Waals surface area (Å²) < 4.78 is 55.3. The molecule has 4 atom stereocenters. The van der Waals surface area contributed by atoms with Crippen LogP contribution < -0.4 is 4.74 Å². The third-order valence-corrected chi connectivity index (χ3v) is 9.77. The van der Waals surface area contributed by atoms with Crippen LogP contribution in [0.15, 0.2) is 41.0 Å². The fourth-order valence-corrected chi connectivity index (χ4v) is 7.73. The molecule has 0 bridgehead atoms. The summed E-state index contributed by atoms with van der Waals surface area (Å²) >= 11 is 0. The molecule has 196 valence electrons. The molecule has 6 rings (SSSR count). The van der Waals surface area contributed by atoms with Crippen LogP contribution in [0, 0.1) is 12.7 Å². The Morgan fingerprint density at radius 2 is 1.84 bits per heavy atom. The third kappa shape index (κ3) is 4.83. The van der Waals surface area contributed by atoms with Crippen LogP contribution in [0.2, 0.25) is 0 Å². The highest BCUT2D eigenvalue weighted by Crippen LogP contribution is 2.34. The fraction of sp³-hybridized carbons (Fsp3) is 0.481. The molecule has 2 aromatic carbocycles. The predicted octanol–water partition coefficient (Wildman–Crippen LogP) is 4.12. The molecular weight excluding hydrogens is 497 g/mol. The van der Waals surface area contributed by atoms with Crippen LogP contribution in [0.25, 0.3) is 10.9 Å². The van der Waals surface area contributed by atoms with Gasteiger partial charge in [-0.15, -0.1) is 0 Å². The van der Waals surface area contributed by atoms with Crippen LogP contribution >= 0.6 is 0 Å². The second-order valence-corrected chi connectivity index (χ2v) is 12.5. The summed E-state index contributed by atoms with van der Waals surface area (Å²) in [6.45, 7) is 2.77. The Bertz CT molecular complexity index is 1450. The summed E-state index contributed by atoms with van der Waals surface area (Å²) in [5.74, 6) is 1.36. The molecule has 1 aromatic heterocycles. The van der Waals surface area contributed by atoms with Crippen molar-refractivity contribution in [3.8, 4) is 5.75 Å². The Morgan fingerprint density at radius 3 is 2.62 bits per heavy atom. The third-order valence-electron chi connectivity index (χ3n) is 7.38. The molecule has 10 heteroatoms. The van der Waals surface area contributed by atoms with E-state index in [9.17, 15) is 8.60 Å². The molecule has 0 unspecified atom stereocenters. The molecule has 3 aromatic rings. The first kappa shape index (κ1) is 24.7. The second-order valence-electron chi connectivity index (χ2n) is 9.91. The first-order valence-corrected chi connectivity index (χ1v) is 14.5. The second kappa shape index (κ2) is 9.90. The number of methoxy groups -OCH3 is 1. The predicted molar refractivity (Wildman–Crippen MR) is 137 cm³/mol. The average molecular weight is 528 g/mol. The number of benzene rings is 2. The normalized spacial score (nSPS) is 26.5. The minimum absolute atomic E-state index is 0.135. The van der Waals surface area contributed by atoms with Crippen molar-refractivity contribution in [3.05, 3.63) is 59.3 Å². The van der Waals surface area contributed by atoms with Crippen molar-refractivity contribution in [1.82, 2.24) is 9.97 Å². The van der Waals surface area contributed by atoms with E-state index in [0.29, 0.717) is 42.6 Å². The van der Waals surface area contributed by atoms with Crippen molar-refractivity contribution in [1.29, 1.82) is 0 Å². The van der Waals surface area contributed by atoms with Gasteiger partial charge in [0.25, 0.3) is 0 Å². The van der Waals surface area contributed by atoms with E-state index in [-0.39, 0.29) is 30.2 Å². The van der Waals surface area contributed by atoms with Crippen LogP contribution in [0.3, 0.4) is 0 Å². The van der Waals surface area contributed by atoms with E-state index in [1.807, 2.05) is 19.1 Å². The average Bonchev–Trinajstić information content (AvgIpc) is 3.58. The number of fused-ring (bicyclic) bond motifs is 2. The summed E-state index contributed by atoms with van der Waals surface area (Å²) in [4.78, 5) is 9.04. The summed E-state index contributed by atoms with van der Waals surface area (Å²) in [6, 6.07) is 8.37. The van der Waals surface area contributed by atoms with Crippen molar-refractivity contribution in [2.24, 2.45) is 4.36 Å². The number of hydrogen-bond acceptors (Lipinski definition) is 8. The lowest BCUT2D eigenvalue weighted by molar-refractivity contribution is -0.0139. The summed E-state index contributed by atoms with van der Waals surface area (Å²) in [6.07, 6.45) is 2.89. The van der Waals surface area contributed by atoms with Crippen LogP contribution in [0.1, 0.15) is 29.7 Å². The Balaban J connectivity index is 1.30. The van der Waals surface area contributed by atoms with Gasteiger partial charge in [0, 0.05) is 42.1 Å². The van der Waals surface area contributed by atoms with E-state index in [1.54, 1.807) is 13.2 Å². The zero-order chi connectivity index (χ0) is 25.6. The van der Waals surface area contributed by atoms with E-state index in [2.05, 4.69) is 14.3 Å². The molecule has 0 radical (unpaired) electrons. The van der Waals surface area contributed by atoms with Gasteiger partial charge >= 0.3 is 0 Å². The maximum atomic E-state index is 14.3. The Hall–Kier alpha value is -2.66. The molecule has 0 amide bonds. The van der Waals surface area contributed by atoms with Crippen LogP contribution in [-0.2, 0) is 30.4 Å². The molecular formula is C27H30FN3O5S. The highest BCUT2D eigenvalue weighted by Gasteiger charge is 2.49. The molecule has 3 saturated heterocycles. The summed E-state index contributed by atoms with van der Waals surface area (Å²) in [7, 11) is -0.545. The lowest BCUT2D eigenvalue weighted by Gasteiger charge is -2.20. The number of rotatable bonds is 6. The number of aryl methyl sites for hydroxylation is 1. The quantitative estimate of drug-likeness (QED) is 0.476. The van der Waals surface area contributed by atoms with E-state index in [4.69, 9.17) is 18.9 Å². The largest absolute Gasteiger partial charge is 0.485 e. The Labute approximate surface area is 215 Å². The van der Waals surface area contributed by atoms with Gasteiger partial charge in [-0.05, 0) is 43.5 Å². The lowest BCUT2D eigenvalue weighted by atomic mass is 10.0. The molecule has 3 aliphatic heterocycles. The maximum Gasteiger partial charge on any atom is 0.151 e. The van der Waals surface area contributed by atoms with Crippen LogP contribution in [0.4, 0.5) is 10.1 Å². The number of aromatic nitrogens is 2. The van der Waals surface area contributed by atoms with Gasteiger partial charge in [0.15, 0.2) is 6.10 Å². The molecule has 3 aliphatic rings. The van der Waals surface area contributed by atoms with E-state index >= 15 is 0 Å². The van der Waals surface area contributed by atoms with Gasteiger partial charge in [0.05, 0.1) is 39.8 Å². The SMILES string of the molecule is CO[C@@H]1CO[C@H]2[C@@H]1OC[C@H]2Oc1cc(F)ccc1Cc1ncnc2cc(N=S3(=O)CCCC3)cc(C)c12. The van der Waals surface area contributed by atoms with Gasteiger partial charge in [0.1, 0.15) is 36.2 Å². The van der Waals surface area contributed by atoms with E-state index < -0.39 is 9.73 Å². The summed E-state index contributed by atoms with van der Waals surface area (Å²) in [5.41, 5.74) is 3.98. The van der Waals surface area contributed by atoms with Crippen LogP contribution in [-0.4, -0.2) is 70.4 Å². The Kier molecular flexibility index (Phi) is 6.60. The highest BCUT2D eigenvalue weighted by molar-refractivity contribution is 7.93. The van der Waals surface area contributed by atoms with Gasteiger partial charge in [-0.3, -0.25) is 0 Å². The minimum atomic E-state index is -2.18. The smallest absolute Gasteiger partial charge is 0.151 e. The standard InChI is InChI=1S/C27H30FN3O5S/c1-16-9-19(31-37(32)7-3-4-8-37)12-21-25(16)20(29-15-30-21)10-17-5-6-18(28)11-22(17)36-24-14-35-26-23(33-2)13-34-27(24)26/h5-6,9,11-12,15,23-24,26-27H,3-4,7-8,10,13-14H2,1-2H3/t23-,24-,26-,27-/m1/s1. The van der Waals surface area contributed by atoms with Crippen molar-refractivity contribution >= 4 is 26.3 Å². The molecule has 0 spiro atoms. The summed E-state index contributed by atoms with van der Waals surface area (Å²) in [5, 5.41) is 0.907. The van der Waals surface area contributed by atoms with Gasteiger partial charge in [-0.25, -0.2) is 18.6 Å². The number of ether oxygens (including phenoxy) is 4. The zero-order valence-electron chi connectivity index (χ0n) is 20.9. The Morgan fingerprint density at radius 1 is 1.08 bits per heavy atom. The van der Waals surface area contributed by atoms with Crippen molar-refractivity contribution in [3.63, 3.8) is 0 Å². The van der Waals surface area contributed by atoms with E-state index in [0.717, 1.165) is 40.6 Å². The minimum Gasteiger partial charge on any atom is -0.485 e. The molecule has 0 N–H and O–H groups in total. The topological polar surface area (TPSA) is 92.1 Å².